The Morgan fingerprint density at radius 2 is 1.73 bits per heavy atom. The number of carbonyl (C=O) groups is 1. The number of hydrogen-bond donors (Lipinski definition) is 0. The van der Waals surface area contributed by atoms with Crippen LogP contribution >= 0.6 is 0 Å². The van der Waals surface area contributed by atoms with Crippen molar-refractivity contribution in [2.45, 2.75) is 63.4 Å². The monoisotopic (exact) mass is 538 g/mol. The van der Waals surface area contributed by atoms with Gasteiger partial charge in [-0.05, 0) is 69.3 Å². The van der Waals surface area contributed by atoms with Crippen LogP contribution in [0, 0.1) is 13.8 Å². The van der Waals surface area contributed by atoms with Crippen LogP contribution in [-0.2, 0) is 19.6 Å². The molecule has 0 unspecified atom stereocenters. The van der Waals surface area contributed by atoms with E-state index in [1.807, 2.05) is 11.9 Å². The van der Waals surface area contributed by atoms with E-state index < -0.39 is 10.0 Å². The highest BCUT2D eigenvalue weighted by atomic mass is 32.2. The number of benzene rings is 1. The van der Waals surface area contributed by atoms with Gasteiger partial charge in [-0.2, -0.15) is 4.31 Å². The zero-order valence-electron chi connectivity index (χ0n) is 23.5. The molecule has 1 amide bonds. The first-order valence-corrected chi connectivity index (χ1v) is 14.9. The summed E-state index contributed by atoms with van der Waals surface area (Å²) in [5.74, 6) is 0.583. The lowest BCUT2D eigenvalue weighted by molar-refractivity contribution is -0.138. The maximum Gasteiger partial charge on any atom is 0.248 e. The standard InChI is InChI=1S/C27H46N4O5S/c1-7-30-11-13-31(14-12-30)24-10-8-9-23(19-24)29(5)26(32)20-36-16-15-28(4)37(33,34)27-21(2)17-25(35-6)18-22(27)3/h17-18,23-24H,7-16,19-20H2,1-6H3/t23-,24-/m0/s1. The van der Waals surface area contributed by atoms with E-state index in [2.05, 4.69) is 16.7 Å². The number of ether oxygens (including phenoxy) is 2. The molecule has 0 aromatic heterocycles. The molecule has 0 radical (unpaired) electrons. The largest absolute Gasteiger partial charge is 0.497 e. The summed E-state index contributed by atoms with van der Waals surface area (Å²) in [5, 5.41) is 0. The van der Waals surface area contributed by atoms with E-state index in [1.54, 1.807) is 33.1 Å². The van der Waals surface area contributed by atoms with E-state index in [0.29, 0.717) is 22.9 Å². The number of piperazine rings is 1. The number of hydrogen-bond acceptors (Lipinski definition) is 7. The van der Waals surface area contributed by atoms with Gasteiger partial charge in [0, 0.05) is 58.9 Å². The first kappa shape index (κ1) is 29.8. The minimum absolute atomic E-state index is 0.0404. The summed E-state index contributed by atoms with van der Waals surface area (Å²) in [6.07, 6.45) is 4.37. The lowest BCUT2D eigenvalue weighted by Crippen LogP contribution is -2.53. The van der Waals surface area contributed by atoms with Crippen molar-refractivity contribution in [3.8, 4) is 5.75 Å². The zero-order chi connectivity index (χ0) is 27.2. The van der Waals surface area contributed by atoms with Crippen molar-refractivity contribution in [3.05, 3.63) is 23.3 Å². The van der Waals surface area contributed by atoms with Gasteiger partial charge in [0.1, 0.15) is 12.4 Å². The number of nitrogens with zero attached hydrogens (tertiary/aromatic N) is 4. The molecule has 1 aliphatic carbocycles. The molecular formula is C27H46N4O5S. The number of sulfonamides is 1. The fraction of sp³-hybridized carbons (Fsp3) is 0.741. The lowest BCUT2D eigenvalue weighted by atomic mass is 9.88. The maximum absolute atomic E-state index is 13.2. The molecule has 10 heteroatoms. The van der Waals surface area contributed by atoms with Crippen molar-refractivity contribution in [2.75, 3.05) is 73.7 Å². The molecule has 1 aliphatic heterocycles. The fourth-order valence-electron chi connectivity index (χ4n) is 5.64. The van der Waals surface area contributed by atoms with E-state index in [0.717, 1.165) is 52.0 Å². The van der Waals surface area contributed by atoms with Gasteiger partial charge >= 0.3 is 0 Å². The van der Waals surface area contributed by atoms with Crippen LogP contribution in [0.15, 0.2) is 17.0 Å². The highest BCUT2D eigenvalue weighted by Gasteiger charge is 2.32. The van der Waals surface area contributed by atoms with E-state index in [4.69, 9.17) is 9.47 Å². The average Bonchev–Trinajstić information content (AvgIpc) is 2.89. The van der Waals surface area contributed by atoms with Crippen molar-refractivity contribution < 1.29 is 22.7 Å². The summed E-state index contributed by atoms with van der Waals surface area (Å²) in [6, 6.07) is 4.21. The lowest BCUT2D eigenvalue weighted by Gasteiger charge is -2.43. The molecule has 0 N–H and O–H groups in total. The molecule has 9 nitrogen and oxygen atoms in total. The summed E-state index contributed by atoms with van der Waals surface area (Å²) in [5.41, 5.74) is 1.28. The summed E-state index contributed by atoms with van der Waals surface area (Å²) in [7, 11) is 1.29. The minimum atomic E-state index is -3.69. The topological polar surface area (TPSA) is 82.6 Å². The Morgan fingerprint density at radius 3 is 2.32 bits per heavy atom. The number of amides is 1. The first-order chi connectivity index (χ1) is 17.6. The van der Waals surface area contributed by atoms with Gasteiger partial charge in [0.15, 0.2) is 0 Å². The van der Waals surface area contributed by atoms with Gasteiger partial charge < -0.3 is 19.3 Å². The molecule has 37 heavy (non-hydrogen) atoms. The highest BCUT2D eigenvalue weighted by molar-refractivity contribution is 7.89. The van der Waals surface area contributed by atoms with Crippen LogP contribution in [-0.4, -0.2) is 119 Å². The van der Waals surface area contributed by atoms with Gasteiger partial charge in [-0.3, -0.25) is 9.69 Å². The molecule has 2 fully saturated rings. The summed E-state index contributed by atoms with van der Waals surface area (Å²) in [6.45, 7) is 11.6. The molecule has 1 aromatic rings. The second kappa shape index (κ2) is 13.4. The molecule has 1 saturated carbocycles. The summed E-state index contributed by atoms with van der Waals surface area (Å²) < 4.78 is 38.5. The Bertz CT molecular complexity index is 987. The molecule has 2 aliphatic rings. The number of carbonyl (C=O) groups excluding carboxylic acids is 1. The summed E-state index contributed by atoms with van der Waals surface area (Å²) in [4.78, 5) is 20.1. The third kappa shape index (κ3) is 7.44. The van der Waals surface area contributed by atoms with Crippen molar-refractivity contribution in [2.24, 2.45) is 0 Å². The normalized spacial score (nSPS) is 21.8. The number of aryl methyl sites for hydroxylation is 2. The molecule has 0 bridgehead atoms. The predicted octanol–water partition coefficient (Wildman–Crippen LogP) is 2.36. The molecule has 1 saturated heterocycles. The van der Waals surface area contributed by atoms with Crippen LogP contribution in [0.1, 0.15) is 43.7 Å². The van der Waals surface area contributed by atoms with Crippen molar-refractivity contribution in [3.63, 3.8) is 0 Å². The van der Waals surface area contributed by atoms with Gasteiger partial charge in [-0.15, -0.1) is 0 Å². The third-order valence-electron chi connectivity index (χ3n) is 8.04. The number of methoxy groups -OCH3 is 1. The zero-order valence-corrected chi connectivity index (χ0v) is 24.3. The van der Waals surface area contributed by atoms with Gasteiger partial charge in [0.25, 0.3) is 0 Å². The molecule has 1 aromatic carbocycles. The van der Waals surface area contributed by atoms with Gasteiger partial charge in [0.05, 0.1) is 18.6 Å². The SMILES string of the molecule is CCN1CCN([C@H]2CCC[C@H](N(C)C(=O)COCCN(C)S(=O)(=O)c3c(C)cc(OC)cc3C)C2)CC1. The van der Waals surface area contributed by atoms with E-state index in [9.17, 15) is 13.2 Å². The number of likely N-dealkylation sites (N-methyl/N-ethyl adjacent to an activating group) is 3. The van der Waals surface area contributed by atoms with Crippen molar-refractivity contribution in [1.82, 2.24) is 19.0 Å². The maximum atomic E-state index is 13.2. The third-order valence-corrected chi connectivity index (χ3v) is 10.2. The van der Waals surface area contributed by atoms with E-state index in [-0.39, 0.29) is 36.6 Å². The second-order valence-electron chi connectivity index (χ2n) is 10.4. The second-order valence-corrected chi connectivity index (χ2v) is 12.4. The minimum Gasteiger partial charge on any atom is -0.497 e. The van der Waals surface area contributed by atoms with Crippen LogP contribution in [0.2, 0.25) is 0 Å². The smallest absolute Gasteiger partial charge is 0.248 e. The molecule has 1 heterocycles. The van der Waals surface area contributed by atoms with Crippen LogP contribution in [0.25, 0.3) is 0 Å². The molecule has 0 spiro atoms. The first-order valence-electron chi connectivity index (χ1n) is 13.5. The Kier molecular flexibility index (Phi) is 10.8. The molecule has 3 rings (SSSR count). The Morgan fingerprint density at radius 1 is 1.08 bits per heavy atom. The quantitative estimate of drug-likeness (QED) is 0.400. The predicted molar refractivity (Wildman–Crippen MR) is 146 cm³/mol. The Balaban J connectivity index is 1.46. The molecule has 210 valence electrons. The van der Waals surface area contributed by atoms with E-state index in [1.165, 1.54) is 17.8 Å². The van der Waals surface area contributed by atoms with Crippen molar-refractivity contribution in [1.29, 1.82) is 0 Å². The average molecular weight is 539 g/mol. The number of rotatable bonds is 11. The Labute approximate surface area is 223 Å². The van der Waals surface area contributed by atoms with Gasteiger partial charge in [-0.25, -0.2) is 8.42 Å². The van der Waals surface area contributed by atoms with E-state index >= 15 is 0 Å². The molecule has 2 atom stereocenters. The van der Waals surface area contributed by atoms with Gasteiger partial charge in [0.2, 0.25) is 15.9 Å². The van der Waals surface area contributed by atoms with Crippen LogP contribution < -0.4 is 4.74 Å². The fourth-order valence-corrected chi connectivity index (χ4v) is 7.19. The molecular weight excluding hydrogens is 492 g/mol. The van der Waals surface area contributed by atoms with Crippen LogP contribution in [0.4, 0.5) is 0 Å². The Hall–Kier alpha value is -1.72. The summed E-state index contributed by atoms with van der Waals surface area (Å²) >= 11 is 0. The van der Waals surface area contributed by atoms with Crippen LogP contribution in [0.5, 0.6) is 5.75 Å². The highest BCUT2D eigenvalue weighted by Crippen LogP contribution is 2.28. The van der Waals surface area contributed by atoms with Crippen molar-refractivity contribution >= 4 is 15.9 Å². The van der Waals surface area contributed by atoms with Gasteiger partial charge in [-0.1, -0.05) is 6.92 Å². The van der Waals surface area contributed by atoms with Crippen LogP contribution in [0.3, 0.4) is 0 Å².